The average molecular weight is 497 g/mol. The van der Waals surface area contributed by atoms with E-state index >= 15 is 0 Å². The van der Waals surface area contributed by atoms with Crippen molar-refractivity contribution in [1.82, 2.24) is 20.1 Å². The number of nitrogens with one attached hydrogen (secondary N) is 1. The predicted octanol–water partition coefficient (Wildman–Crippen LogP) is 4.28. The summed E-state index contributed by atoms with van der Waals surface area (Å²) in [7, 11) is 3.09. The summed E-state index contributed by atoms with van der Waals surface area (Å²) in [5.41, 5.74) is 1.62. The third kappa shape index (κ3) is 4.14. The Bertz CT molecular complexity index is 1120. The van der Waals surface area contributed by atoms with Crippen molar-refractivity contribution in [1.29, 1.82) is 0 Å². The second kappa shape index (κ2) is 8.52. The smallest absolute Gasteiger partial charge is 0.276 e. The van der Waals surface area contributed by atoms with Crippen LogP contribution in [0.4, 0.5) is 5.69 Å². The maximum absolute atomic E-state index is 13.4. The van der Waals surface area contributed by atoms with Crippen LogP contribution in [0.3, 0.4) is 0 Å². The number of rotatable bonds is 4. The Kier molecular flexibility index (Phi) is 6.26. The molecular weight excluding hydrogens is 481 g/mol. The fourth-order valence-electron chi connectivity index (χ4n) is 2.96. The van der Waals surface area contributed by atoms with Gasteiger partial charge in [-0.25, -0.2) is 9.67 Å². The van der Waals surface area contributed by atoms with E-state index in [1.165, 1.54) is 22.7 Å². The summed E-state index contributed by atoms with van der Waals surface area (Å²) in [5, 5.41) is 7.60. The van der Waals surface area contributed by atoms with Crippen molar-refractivity contribution < 1.29 is 9.59 Å². The Labute approximate surface area is 185 Å². The van der Waals surface area contributed by atoms with Crippen LogP contribution in [-0.2, 0) is 0 Å². The number of benzene rings is 1. The van der Waals surface area contributed by atoms with Crippen LogP contribution in [0.25, 0.3) is 5.82 Å². The van der Waals surface area contributed by atoms with E-state index in [-0.39, 0.29) is 17.2 Å². The van der Waals surface area contributed by atoms with Crippen LogP contribution in [0, 0.1) is 6.92 Å². The molecule has 0 saturated carbocycles. The zero-order valence-corrected chi connectivity index (χ0v) is 18.8. The summed E-state index contributed by atoms with van der Waals surface area (Å²) >= 11 is 15.7. The quantitative estimate of drug-likeness (QED) is 0.584. The summed E-state index contributed by atoms with van der Waals surface area (Å²) in [4.78, 5) is 31.4. The SMILES string of the molecule is CNC(=O)c1cc(Cl)cc(C)c1N(C)C(=O)c1cc(Br)nn1-c1ncccc1Cl. The molecule has 0 saturated heterocycles. The maximum atomic E-state index is 13.4. The van der Waals surface area contributed by atoms with Crippen LogP contribution < -0.4 is 10.2 Å². The highest BCUT2D eigenvalue weighted by Crippen LogP contribution is 2.30. The number of carbonyl (C=O) groups is 2. The van der Waals surface area contributed by atoms with Gasteiger partial charge in [0.1, 0.15) is 10.3 Å². The first-order valence-electron chi connectivity index (χ1n) is 8.41. The molecule has 0 radical (unpaired) electrons. The van der Waals surface area contributed by atoms with Gasteiger partial charge in [0.2, 0.25) is 0 Å². The first kappa shape index (κ1) is 21.3. The molecule has 2 heterocycles. The highest BCUT2D eigenvalue weighted by molar-refractivity contribution is 9.10. The van der Waals surface area contributed by atoms with E-state index in [1.807, 2.05) is 0 Å². The van der Waals surface area contributed by atoms with Gasteiger partial charge >= 0.3 is 0 Å². The third-order valence-corrected chi connectivity index (χ3v) is 5.12. The lowest BCUT2D eigenvalue weighted by atomic mass is 10.1. The Hall–Kier alpha value is -2.42. The largest absolute Gasteiger partial charge is 0.355 e. The highest BCUT2D eigenvalue weighted by Gasteiger charge is 2.26. The molecule has 150 valence electrons. The van der Waals surface area contributed by atoms with Crippen molar-refractivity contribution in [2.75, 3.05) is 19.0 Å². The minimum atomic E-state index is -0.402. The zero-order chi connectivity index (χ0) is 21.3. The number of carbonyl (C=O) groups excluding carboxylic acids is 2. The monoisotopic (exact) mass is 495 g/mol. The first-order chi connectivity index (χ1) is 13.7. The Balaban J connectivity index is 2.12. The molecule has 0 aliphatic heterocycles. The molecule has 2 amide bonds. The third-order valence-electron chi connectivity index (χ3n) is 4.22. The standard InChI is InChI=1S/C19H16BrCl2N5O2/c1-10-7-11(21)8-12(18(28)23-2)16(10)26(3)19(29)14-9-15(20)25-27(14)17-13(22)5-4-6-24-17/h4-9H,1-3H3,(H,23,28). The van der Waals surface area contributed by atoms with Gasteiger partial charge in [-0.2, -0.15) is 5.10 Å². The number of hydrogen-bond acceptors (Lipinski definition) is 4. The van der Waals surface area contributed by atoms with Gasteiger partial charge in [-0.05, 0) is 52.7 Å². The van der Waals surface area contributed by atoms with Gasteiger partial charge in [0.05, 0.1) is 16.3 Å². The molecule has 0 spiro atoms. The number of nitrogens with zero attached hydrogens (tertiary/aromatic N) is 4. The van der Waals surface area contributed by atoms with Crippen molar-refractivity contribution in [2.45, 2.75) is 6.92 Å². The molecule has 1 N–H and O–H groups in total. The molecule has 1 aromatic carbocycles. The molecule has 0 unspecified atom stereocenters. The summed E-state index contributed by atoms with van der Waals surface area (Å²) in [6.45, 7) is 1.78. The normalized spacial score (nSPS) is 10.7. The van der Waals surface area contributed by atoms with Gasteiger partial charge < -0.3 is 10.2 Å². The summed E-state index contributed by atoms with van der Waals surface area (Å²) < 4.78 is 1.80. The van der Waals surface area contributed by atoms with Crippen LogP contribution in [0.1, 0.15) is 26.4 Å². The molecular formula is C19H16BrCl2N5O2. The van der Waals surface area contributed by atoms with Crippen LogP contribution in [-0.4, -0.2) is 40.7 Å². The Morgan fingerprint density at radius 2 is 1.97 bits per heavy atom. The Morgan fingerprint density at radius 3 is 2.62 bits per heavy atom. The molecule has 7 nitrogen and oxygen atoms in total. The minimum absolute atomic E-state index is 0.220. The molecule has 0 fully saturated rings. The average Bonchev–Trinajstić information content (AvgIpc) is 3.07. The van der Waals surface area contributed by atoms with Crippen molar-refractivity contribution in [2.24, 2.45) is 0 Å². The molecule has 2 aromatic heterocycles. The second-order valence-electron chi connectivity index (χ2n) is 6.14. The van der Waals surface area contributed by atoms with E-state index < -0.39 is 5.91 Å². The maximum Gasteiger partial charge on any atom is 0.276 e. The fourth-order valence-corrected chi connectivity index (χ4v) is 3.81. The van der Waals surface area contributed by atoms with Gasteiger partial charge in [-0.15, -0.1) is 0 Å². The molecule has 0 aliphatic rings. The van der Waals surface area contributed by atoms with E-state index in [1.54, 1.807) is 44.4 Å². The minimum Gasteiger partial charge on any atom is -0.355 e. The predicted molar refractivity (Wildman–Crippen MR) is 116 cm³/mol. The van der Waals surface area contributed by atoms with Crippen LogP contribution in [0.15, 0.2) is 41.1 Å². The number of aryl methyl sites for hydroxylation is 1. The van der Waals surface area contributed by atoms with Gasteiger partial charge in [0.15, 0.2) is 5.82 Å². The lowest BCUT2D eigenvalue weighted by Gasteiger charge is -2.23. The van der Waals surface area contributed by atoms with Crippen molar-refractivity contribution in [3.63, 3.8) is 0 Å². The first-order valence-corrected chi connectivity index (χ1v) is 9.96. The van der Waals surface area contributed by atoms with E-state index in [4.69, 9.17) is 23.2 Å². The van der Waals surface area contributed by atoms with Crippen LogP contribution >= 0.6 is 39.1 Å². The zero-order valence-electron chi connectivity index (χ0n) is 15.7. The fraction of sp³-hybridized carbons (Fsp3) is 0.158. The number of anilines is 1. The number of halogens is 3. The van der Waals surface area contributed by atoms with E-state index in [0.717, 1.165) is 0 Å². The number of amides is 2. The number of aromatic nitrogens is 3. The van der Waals surface area contributed by atoms with E-state index in [9.17, 15) is 9.59 Å². The van der Waals surface area contributed by atoms with Crippen LogP contribution in [0.5, 0.6) is 0 Å². The lowest BCUT2D eigenvalue weighted by molar-refractivity contribution is 0.0963. The topological polar surface area (TPSA) is 80.1 Å². The molecule has 29 heavy (non-hydrogen) atoms. The van der Waals surface area contributed by atoms with Crippen LogP contribution in [0.2, 0.25) is 10.0 Å². The van der Waals surface area contributed by atoms with Gasteiger partial charge in [0.25, 0.3) is 11.8 Å². The van der Waals surface area contributed by atoms with Crippen molar-refractivity contribution >= 4 is 56.6 Å². The number of pyridine rings is 1. The Morgan fingerprint density at radius 1 is 1.24 bits per heavy atom. The lowest BCUT2D eigenvalue weighted by Crippen LogP contribution is -2.32. The van der Waals surface area contributed by atoms with Gasteiger partial charge in [-0.1, -0.05) is 23.2 Å². The summed E-state index contributed by atoms with van der Waals surface area (Å²) in [5.74, 6) is -0.441. The second-order valence-corrected chi connectivity index (χ2v) is 7.79. The molecule has 10 heteroatoms. The van der Waals surface area contributed by atoms with Crippen molar-refractivity contribution in [3.05, 3.63) is 68.0 Å². The van der Waals surface area contributed by atoms with Gasteiger partial charge in [-0.3, -0.25) is 9.59 Å². The van der Waals surface area contributed by atoms with E-state index in [0.29, 0.717) is 31.7 Å². The molecule has 3 aromatic rings. The molecule has 3 rings (SSSR count). The van der Waals surface area contributed by atoms with Gasteiger partial charge in [0, 0.05) is 31.4 Å². The van der Waals surface area contributed by atoms with E-state index in [2.05, 4.69) is 31.3 Å². The summed E-state index contributed by atoms with van der Waals surface area (Å²) in [6.07, 6.45) is 1.56. The molecule has 0 atom stereocenters. The van der Waals surface area contributed by atoms with Crippen molar-refractivity contribution in [3.8, 4) is 5.82 Å². The molecule has 0 aliphatic carbocycles. The number of hydrogen-bond donors (Lipinski definition) is 1. The highest BCUT2D eigenvalue weighted by atomic mass is 79.9. The summed E-state index contributed by atoms with van der Waals surface area (Å²) in [6, 6.07) is 8.12. The molecule has 0 bridgehead atoms.